The van der Waals surface area contributed by atoms with Gasteiger partial charge in [-0.2, -0.15) is 42.2 Å². The van der Waals surface area contributed by atoms with Gasteiger partial charge in [0.2, 0.25) is 0 Å². The summed E-state index contributed by atoms with van der Waals surface area (Å²) in [4.78, 5) is 51.9. The quantitative estimate of drug-likeness (QED) is 0.0363. The summed E-state index contributed by atoms with van der Waals surface area (Å²) in [5, 5.41) is 31.6. The van der Waals surface area contributed by atoms with Crippen molar-refractivity contribution < 1.29 is 58.9 Å². The number of aryl methyl sites for hydroxylation is 1. The van der Waals surface area contributed by atoms with E-state index in [0.717, 1.165) is 91.0 Å². The number of alkyl halides is 1. The van der Waals surface area contributed by atoms with Crippen LogP contribution in [-0.2, 0) is 32.0 Å². The van der Waals surface area contributed by atoms with Gasteiger partial charge in [-0.15, -0.1) is 10.0 Å². The zero-order chi connectivity index (χ0) is 46.1. The Bertz CT molecular complexity index is 2350. The van der Waals surface area contributed by atoms with Crippen molar-refractivity contribution in [2.45, 2.75) is 104 Å². The topological polar surface area (TPSA) is 263 Å². The predicted octanol–water partition coefficient (Wildman–Crippen LogP) is 7.31. The number of benzene rings is 2. The molecule has 0 amide bonds. The number of carbonyl (C=O) groups excluding carboxylic acids is 4. The second-order valence-electron chi connectivity index (χ2n) is 16.3. The normalized spacial score (nSPS) is 25.4. The van der Waals surface area contributed by atoms with Crippen molar-refractivity contribution in [3.63, 3.8) is 0 Å². The van der Waals surface area contributed by atoms with Crippen molar-refractivity contribution in [2.24, 2.45) is 40.6 Å². The van der Waals surface area contributed by atoms with Gasteiger partial charge in [-0.05, 0) is 116 Å². The zero-order valence-corrected chi connectivity index (χ0v) is 39.8. The predicted molar refractivity (Wildman–Crippen MR) is 249 cm³/mol. The molecular formula is C46H60BrN12NaO6. The molecule has 18 nitrogen and oxygen atoms in total. The summed E-state index contributed by atoms with van der Waals surface area (Å²) in [5.74, 6) is 2.48. The fraction of sp³-hybridized carbons (Fsp3) is 0.565. The first-order valence-electron chi connectivity index (χ1n) is 20.9. The van der Waals surface area contributed by atoms with Gasteiger partial charge in [0.05, 0.1) is 25.3 Å². The van der Waals surface area contributed by atoms with Crippen LogP contribution in [0, 0.1) is 48.7 Å². The van der Waals surface area contributed by atoms with E-state index in [4.69, 9.17) is 48.9 Å². The van der Waals surface area contributed by atoms with Crippen LogP contribution in [0.3, 0.4) is 0 Å². The number of aliphatic hydroxyl groups excluding tert-OH is 2. The van der Waals surface area contributed by atoms with Crippen molar-refractivity contribution in [2.75, 3.05) is 25.0 Å². The molecule has 2 aliphatic carbocycles. The second kappa shape index (κ2) is 29.5. The molecule has 66 heavy (non-hydrogen) atoms. The number of nitrogens with one attached hydrogen (secondary N) is 2. The van der Waals surface area contributed by atoms with Crippen LogP contribution in [0.15, 0.2) is 53.6 Å². The van der Waals surface area contributed by atoms with Crippen molar-refractivity contribution in [1.82, 2.24) is 20.0 Å². The molecule has 2 aromatic heterocycles. The van der Waals surface area contributed by atoms with Crippen LogP contribution < -0.4 is 29.6 Å². The van der Waals surface area contributed by atoms with E-state index in [9.17, 15) is 10.2 Å². The van der Waals surface area contributed by atoms with Crippen LogP contribution in [-0.4, -0.2) is 79.7 Å². The summed E-state index contributed by atoms with van der Waals surface area (Å²) in [6, 6.07) is 16.7. The fourth-order valence-corrected chi connectivity index (χ4v) is 10.9. The van der Waals surface area contributed by atoms with Gasteiger partial charge in [0, 0.05) is 50.0 Å². The molecule has 4 heterocycles. The number of para-hydroxylation sites is 2. The minimum Gasteiger partial charge on any atom is -0.393 e. The summed E-state index contributed by atoms with van der Waals surface area (Å²) >= 11 is 3.60. The van der Waals surface area contributed by atoms with Crippen molar-refractivity contribution in [3.8, 4) is 0 Å². The van der Waals surface area contributed by atoms with E-state index in [0.29, 0.717) is 42.6 Å². The average Bonchev–Trinajstić information content (AvgIpc) is 3.85. The molecule has 4 fully saturated rings. The first-order chi connectivity index (χ1) is 30.5. The monoisotopic (exact) mass is 978 g/mol. The van der Waals surface area contributed by atoms with Crippen molar-refractivity contribution in [1.29, 1.82) is 0 Å². The van der Waals surface area contributed by atoms with Gasteiger partial charge in [-0.1, -0.05) is 86.1 Å². The van der Waals surface area contributed by atoms with E-state index in [2.05, 4.69) is 96.1 Å². The van der Waals surface area contributed by atoms with Gasteiger partial charge >= 0.3 is 41.9 Å². The largest absolute Gasteiger partial charge is 1.00 e. The Balaban J connectivity index is 0.000000540. The van der Waals surface area contributed by atoms with Crippen LogP contribution in [0.1, 0.15) is 102 Å². The molecule has 2 aliphatic heterocycles. The molecule has 10 atom stereocenters. The van der Waals surface area contributed by atoms with Crippen LogP contribution in [0.2, 0.25) is 0 Å². The first kappa shape index (κ1) is 58.9. The SMILES string of the molecule is C.C.O=C=O.O=C=O.[C-]#[N+]N1C[C@@H]2CC[C@H](O)[C@H](C)[C@H]2C[C@H]1c1[nH]c2ccccc2c1CCBr.[C-]#[N+]N1C[C@@H]2CC[C@H](O)[C@H](C)[C@H]2C[C@H]1c1[nH]c2ccccc2c1CCN=[N+]=[N-].[N-]=[N+]=[N-].[Na+]. The van der Waals surface area contributed by atoms with E-state index in [1.807, 2.05) is 22.2 Å². The van der Waals surface area contributed by atoms with Gasteiger partial charge < -0.3 is 31.2 Å². The summed E-state index contributed by atoms with van der Waals surface area (Å²) in [6.45, 7) is 21.8. The van der Waals surface area contributed by atoms with Gasteiger partial charge in [0.25, 0.3) is 0 Å². The molecule has 8 rings (SSSR count). The number of nitrogens with zero attached hydrogens (tertiary/aromatic N) is 10. The second-order valence-corrected chi connectivity index (χ2v) is 17.1. The van der Waals surface area contributed by atoms with Crippen molar-refractivity contribution >= 4 is 50.0 Å². The van der Waals surface area contributed by atoms with E-state index in [-0.39, 0.29) is 86.9 Å². The smallest absolute Gasteiger partial charge is 0.393 e. The summed E-state index contributed by atoms with van der Waals surface area (Å²) < 4.78 is 0. The molecule has 0 bridgehead atoms. The molecule has 348 valence electrons. The Kier molecular flexibility index (Phi) is 26.3. The third-order valence-electron chi connectivity index (χ3n) is 13.5. The number of hydrogen-bond donors (Lipinski definition) is 4. The first-order valence-corrected chi connectivity index (χ1v) is 22.0. The molecule has 4 N–H and O–H groups in total. The standard InChI is InChI=1S/C21H26BrN3O.C21H26N6O.2CO2.2CH4.N3.Na/c1-13-17-11-19(25(23-2)12-14(17)7-8-20(13)26)21-16(9-10-22)15-5-3-4-6-18(15)24-21;1-13-17-11-19(27(23-2)12-14(17)7-8-20(13)28)21-16(9-10-24-26-22)15-5-3-4-6-18(15)25-21;2*2-1-3;;;1-3-2;/h3-6,13-14,17,19-20,24,26H,7-12H2,1H3;3-6,13-14,17,19-20,25,28H,7-12H2,1H3;;;2*1H4;;/q;;;;;;-1;+1/t2*13-,14+,17-,19+,20+;;;;;;/m11....../s1. The molecule has 20 heteroatoms. The maximum Gasteiger partial charge on any atom is 1.00 e. The number of aromatic nitrogens is 2. The minimum atomic E-state index is -0.242. The number of rotatable bonds is 7. The average molecular weight is 980 g/mol. The van der Waals surface area contributed by atoms with Crippen LogP contribution in [0.25, 0.3) is 58.1 Å². The van der Waals surface area contributed by atoms with E-state index < -0.39 is 0 Å². The fourth-order valence-electron chi connectivity index (χ4n) is 10.5. The molecular weight excluding hydrogens is 919 g/mol. The van der Waals surface area contributed by atoms with E-state index >= 15 is 0 Å². The Hall–Kier alpha value is -5.12. The number of hydrogen-bond acceptors (Lipinski definition) is 9. The molecule has 2 aromatic carbocycles. The van der Waals surface area contributed by atoms with E-state index in [1.54, 1.807) is 0 Å². The molecule has 0 spiro atoms. The number of halogens is 1. The maximum absolute atomic E-state index is 10.4. The molecule has 2 saturated carbocycles. The van der Waals surface area contributed by atoms with Crippen molar-refractivity contribution in [3.05, 3.63) is 121 Å². The van der Waals surface area contributed by atoms with Crippen LogP contribution in [0.5, 0.6) is 0 Å². The van der Waals surface area contributed by atoms with Gasteiger partial charge in [-0.25, -0.2) is 0 Å². The number of aromatic amines is 2. The van der Waals surface area contributed by atoms with Gasteiger partial charge in [0.15, 0.2) is 0 Å². The molecule has 4 aliphatic rings. The third-order valence-corrected chi connectivity index (χ3v) is 13.9. The Labute approximate surface area is 416 Å². The number of piperidine rings is 2. The van der Waals surface area contributed by atoms with Gasteiger partial charge in [0.1, 0.15) is 12.1 Å². The van der Waals surface area contributed by atoms with Crippen LogP contribution in [0.4, 0.5) is 0 Å². The number of aliphatic hydroxyl groups is 2. The third kappa shape index (κ3) is 14.0. The van der Waals surface area contributed by atoms with Gasteiger partial charge in [-0.3, -0.25) is 4.91 Å². The number of fused-ring (bicyclic) bond motifs is 4. The molecule has 0 unspecified atom stereocenters. The Morgan fingerprint density at radius 3 is 1.47 bits per heavy atom. The summed E-state index contributed by atoms with van der Waals surface area (Å²) in [5.41, 5.74) is 29.1. The van der Waals surface area contributed by atoms with Crippen LogP contribution >= 0.6 is 15.9 Å². The molecule has 0 radical (unpaired) electrons. The summed E-state index contributed by atoms with van der Waals surface area (Å²) in [7, 11) is 0. The Morgan fingerprint density at radius 1 is 0.727 bits per heavy atom. The summed E-state index contributed by atoms with van der Waals surface area (Å²) in [6.07, 6.45) is 7.23. The molecule has 4 aromatic rings. The van der Waals surface area contributed by atoms with E-state index in [1.165, 1.54) is 21.6 Å². The maximum atomic E-state index is 10.4. The zero-order valence-electron chi connectivity index (χ0n) is 36.3. The number of azide groups is 1. The molecule has 2 saturated heterocycles. The number of H-pyrrole nitrogens is 2. The minimum absolute atomic E-state index is 0. The Morgan fingerprint density at radius 2 is 1.11 bits per heavy atom.